The first-order valence-corrected chi connectivity index (χ1v) is 5.79. The zero-order chi connectivity index (χ0) is 12.4. The summed E-state index contributed by atoms with van der Waals surface area (Å²) in [4.78, 5) is 22.4. The standard InChI is InChI=1S/C12H13ClN2O2/c1-7(8-2-4-9(13)5-3-8)14-10-6-11(16)15-12(10)17/h2-5,7,10,14H,6H2,1H3,(H,15,16,17). The summed E-state index contributed by atoms with van der Waals surface area (Å²) in [5, 5.41) is 6.07. The van der Waals surface area contributed by atoms with Gasteiger partial charge in [0.1, 0.15) is 0 Å². The zero-order valence-electron chi connectivity index (χ0n) is 9.37. The molecule has 5 heteroatoms. The van der Waals surface area contributed by atoms with Gasteiger partial charge in [0.15, 0.2) is 0 Å². The second kappa shape index (κ2) is 4.85. The summed E-state index contributed by atoms with van der Waals surface area (Å²) in [7, 11) is 0. The first kappa shape index (κ1) is 12.1. The molecule has 2 N–H and O–H groups in total. The highest BCUT2D eigenvalue weighted by atomic mass is 35.5. The third-order valence-corrected chi connectivity index (χ3v) is 3.04. The fourth-order valence-electron chi connectivity index (χ4n) is 1.84. The minimum absolute atomic E-state index is 0.00563. The van der Waals surface area contributed by atoms with E-state index in [1.54, 1.807) is 12.1 Å². The van der Waals surface area contributed by atoms with Crippen molar-refractivity contribution in [3.05, 3.63) is 34.9 Å². The Bertz CT molecular complexity index is 444. The minimum atomic E-state index is -0.437. The van der Waals surface area contributed by atoms with Crippen molar-refractivity contribution < 1.29 is 9.59 Å². The molecule has 2 rings (SSSR count). The number of carbonyl (C=O) groups excluding carboxylic acids is 2. The molecule has 1 fully saturated rings. The molecule has 2 atom stereocenters. The molecule has 1 aromatic carbocycles. The van der Waals surface area contributed by atoms with Crippen LogP contribution in [-0.2, 0) is 9.59 Å². The van der Waals surface area contributed by atoms with Gasteiger partial charge in [-0.25, -0.2) is 0 Å². The summed E-state index contributed by atoms with van der Waals surface area (Å²) < 4.78 is 0. The Morgan fingerprint density at radius 2 is 2.00 bits per heavy atom. The molecule has 2 amide bonds. The summed E-state index contributed by atoms with van der Waals surface area (Å²) in [6.07, 6.45) is 0.205. The fourth-order valence-corrected chi connectivity index (χ4v) is 1.96. The largest absolute Gasteiger partial charge is 0.299 e. The Kier molecular flexibility index (Phi) is 3.45. The molecule has 0 aromatic heterocycles. The molecule has 1 aliphatic rings. The van der Waals surface area contributed by atoms with Gasteiger partial charge in [0.25, 0.3) is 0 Å². The van der Waals surface area contributed by atoms with Crippen LogP contribution in [-0.4, -0.2) is 17.9 Å². The molecule has 90 valence electrons. The maximum Gasteiger partial charge on any atom is 0.244 e. The van der Waals surface area contributed by atoms with Crippen LogP contribution in [0.1, 0.15) is 24.9 Å². The van der Waals surface area contributed by atoms with Crippen molar-refractivity contribution in [3.63, 3.8) is 0 Å². The van der Waals surface area contributed by atoms with E-state index in [1.807, 2.05) is 19.1 Å². The van der Waals surface area contributed by atoms with Gasteiger partial charge in [0.05, 0.1) is 12.5 Å². The molecule has 2 unspecified atom stereocenters. The van der Waals surface area contributed by atoms with Crippen molar-refractivity contribution >= 4 is 23.4 Å². The van der Waals surface area contributed by atoms with Crippen LogP contribution >= 0.6 is 11.6 Å². The van der Waals surface area contributed by atoms with Gasteiger partial charge in [-0.05, 0) is 24.6 Å². The average molecular weight is 253 g/mol. The summed E-state index contributed by atoms with van der Waals surface area (Å²) in [6.45, 7) is 1.94. The van der Waals surface area contributed by atoms with Crippen molar-refractivity contribution in [2.24, 2.45) is 0 Å². The maximum atomic E-state index is 11.4. The van der Waals surface area contributed by atoms with Gasteiger partial charge in [-0.2, -0.15) is 0 Å². The van der Waals surface area contributed by atoms with E-state index in [1.165, 1.54) is 0 Å². The van der Waals surface area contributed by atoms with Gasteiger partial charge in [-0.3, -0.25) is 20.2 Å². The van der Waals surface area contributed by atoms with Crippen molar-refractivity contribution in [1.82, 2.24) is 10.6 Å². The molecule has 0 aliphatic carbocycles. The Morgan fingerprint density at radius 1 is 1.35 bits per heavy atom. The highest BCUT2D eigenvalue weighted by Crippen LogP contribution is 2.17. The molecule has 17 heavy (non-hydrogen) atoms. The molecule has 0 radical (unpaired) electrons. The van der Waals surface area contributed by atoms with Gasteiger partial charge in [0.2, 0.25) is 11.8 Å². The molecule has 1 heterocycles. The number of carbonyl (C=O) groups is 2. The van der Waals surface area contributed by atoms with Crippen LogP contribution in [0.15, 0.2) is 24.3 Å². The number of hydrogen-bond acceptors (Lipinski definition) is 3. The predicted molar refractivity (Wildman–Crippen MR) is 64.6 cm³/mol. The van der Waals surface area contributed by atoms with Gasteiger partial charge >= 0.3 is 0 Å². The SMILES string of the molecule is CC(NC1CC(=O)NC1=O)c1ccc(Cl)cc1. The van der Waals surface area contributed by atoms with Gasteiger partial charge in [0, 0.05) is 11.1 Å². The number of rotatable bonds is 3. The second-order valence-corrected chi connectivity index (χ2v) is 4.55. The first-order valence-electron chi connectivity index (χ1n) is 5.41. The highest BCUT2D eigenvalue weighted by Gasteiger charge is 2.31. The van der Waals surface area contributed by atoms with Crippen molar-refractivity contribution in [2.75, 3.05) is 0 Å². The first-order chi connectivity index (χ1) is 8.06. The molecular weight excluding hydrogens is 240 g/mol. The quantitative estimate of drug-likeness (QED) is 0.800. The number of amides is 2. The smallest absolute Gasteiger partial charge is 0.244 e. The average Bonchev–Trinajstić information content (AvgIpc) is 2.58. The number of hydrogen-bond donors (Lipinski definition) is 2. The van der Waals surface area contributed by atoms with Crippen LogP contribution in [0.3, 0.4) is 0 Å². The summed E-state index contributed by atoms with van der Waals surface area (Å²) in [5.74, 6) is -0.480. The maximum absolute atomic E-state index is 11.4. The lowest BCUT2D eigenvalue weighted by Crippen LogP contribution is -2.37. The van der Waals surface area contributed by atoms with Crippen LogP contribution in [0.2, 0.25) is 5.02 Å². The monoisotopic (exact) mass is 252 g/mol. The van der Waals surface area contributed by atoms with Crippen LogP contribution < -0.4 is 10.6 Å². The van der Waals surface area contributed by atoms with E-state index in [4.69, 9.17) is 11.6 Å². The molecule has 0 spiro atoms. The van der Waals surface area contributed by atoms with E-state index in [0.717, 1.165) is 5.56 Å². The Morgan fingerprint density at radius 3 is 2.53 bits per heavy atom. The van der Waals surface area contributed by atoms with E-state index >= 15 is 0 Å². The van der Waals surface area contributed by atoms with Crippen LogP contribution in [0, 0.1) is 0 Å². The lowest BCUT2D eigenvalue weighted by molar-refractivity contribution is -0.125. The Labute approximate surface area is 104 Å². The number of halogens is 1. The molecule has 1 aliphatic heterocycles. The Balaban J connectivity index is 2.01. The van der Waals surface area contributed by atoms with Gasteiger partial charge in [-0.1, -0.05) is 23.7 Å². The van der Waals surface area contributed by atoms with Crippen molar-refractivity contribution in [3.8, 4) is 0 Å². The van der Waals surface area contributed by atoms with E-state index in [2.05, 4.69) is 10.6 Å². The normalized spacial score (nSPS) is 21.4. The second-order valence-electron chi connectivity index (χ2n) is 4.11. The predicted octanol–water partition coefficient (Wildman–Crippen LogP) is 1.41. The summed E-state index contributed by atoms with van der Waals surface area (Å²) >= 11 is 5.80. The molecule has 4 nitrogen and oxygen atoms in total. The minimum Gasteiger partial charge on any atom is -0.299 e. The van der Waals surface area contributed by atoms with Crippen LogP contribution in [0.5, 0.6) is 0 Å². The fraction of sp³-hybridized carbons (Fsp3) is 0.333. The van der Waals surface area contributed by atoms with E-state index in [9.17, 15) is 9.59 Å². The Hall–Kier alpha value is -1.39. The third kappa shape index (κ3) is 2.84. The molecule has 1 aromatic rings. The summed E-state index contributed by atoms with van der Waals surface area (Å²) in [6, 6.07) is 6.95. The lowest BCUT2D eigenvalue weighted by atomic mass is 10.1. The lowest BCUT2D eigenvalue weighted by Gasteiger charge is -2.17. The topological polar surface area (TPSA) is 58.2 Å². The van der Waals surface area contributed by atoms with Crippen molar-refractivity contribution in [2.45, 2.75) is 25.4 Å². The van der Waals surface area contributed by atoms with Crippen LogP contribution in [0.25, 0.3) is 0 Å². The zero-order valence-corrected chi connectivity index (χ0v) is 10.1. The molecule has 0 saturated carbocycles. The summed E-state index contributed by atoms with van der Waals surface area (Å²) in [5.41, 5.74) is 1.03. The number of benzene rings is 1. The number of nitrogens with one attached hydrogen (secondary N) is 2. The van der Waals surface area contributed by atoms with Crippen LogP contribution in [0.4, 0.5) is 0 Å². The molecule has 1 saturated heterocycles. The van der Waals surface area contributed by atoms with E-state index in [0.29, 0.717) is 5.02 Å². The molecular formula is C12H13ClN2O2. The van der Waals surface area contributed by atoms with Gasteiger partial charge < -0.3 is 0 Å². The third-order valence-electron chi connectivity index (χ3n) is 2.79. The van der Waals surface area contributed by atoms with Crippen molar-refractivity contribution in [1.29, 1.82) is 0 Å². The molecule has 0 bridgehead atoms. The van der Waals surface area contributed by atoms with E-state index in [-0.39, 0.29) is 24.3 Å². The van der Waals surface area contributed by atoms with Gasteiger partial charge in [-0.15, -0.1) is 0 Å². The highest BCUT2D eigenvalue weighted by molar-refractivity contribution is 6.30. The number of imide groups is 1. The van der Waals surface area contributed by atoms with E-state index < -0.39 is 6.04 Å².